The number of hydrogen-bond acceptors (Lipinski definition) is 2. The van der Waals surface area contributed by atoms with Crippen molar-refractivity contribution < 1.29 is 13.5 Å². The molecule has 2 nitrogen and oxygen atoms in total. The van der Waals surface area contributed by atoms with Crippen LogP contribution in [0.2, 0.25) is 0 Å². The van der Waals surface area contributed by atoms with Crippen molar-refractivity contribution in [1.82, 2.24) is 0 Å². The number of ether oxygens (including phenoxy) is 1. The summed E-state index contributed by atoms with van der Waals surface area (Å²) in [6.45, 7) is 2.77. The van der Waals surface area contributed by atoms with Crippen LogP contribution in [0.1, 0.15) is 6.92 Å². The summed E-state index contributed by atoms with van der Waals surface area (Å²) in [6.07, 6.45) is 0. The zero-order chi connectivity index (χ0) is 9.42. The summed E-state index contributed by atoms with van der Waals surface area (Å²) in [4.78, 5) is 1.65. The van der Waals surface area contributed by atoms with Crippen molar-refractivity contribution in [2.75, 3.05) is 18.2 Å². The van der Waals surface area contributed by atoms with Crippen molar-refractivity contribution >= 4 is 5.69 Å². The first-order valence-corrected chi connectivity index (χ1v) is 4.09. The molecule has 0 N–H and O–H groups in total. The highest BCUT2D eigenvalue weighted by Crippen LogP contribution is 2.36. The Morgan fingerprint density at radius 1 is 1.46 bits per heavy atom. The van der Waals surface area contributed by atoms with Crippen LogP contribution in [0, 0.1) is 11.6 Å². The van der Waals surface area contributed by atoms with Crippen LogP contribution in [0.4, 0.5) is 14.5 Å². The van der Waals surface area contributed by atoms with E-state index in [9.17, 15) is 8.78 Å². The quantitative estimate of drug-likeness (QED) is 0.664. The summed E-state index contributed by atoms with van der Waals surface area (Å²) >= 11 is 0. The Labute approximate surface area is 74.7 Å². The Morgan fingerprint density at radius 2 is 2.23 bits per heavy atom. The van der Waals surface area contributed by atoms with Crippen molar-refractivity contribution in [3.8, 4) is 5.75 Å². The number of nitrogens with zero attached hydrogens (tertiary/aromatic N) is 1. The predicted molar refractivity (Wildman–Crippen MR) is 44.9 cm³/mol. The predicted octanol–water partition coefficient (Wildman–Crippen LogP) is 2.14. The first-order chi connectivity index (χ1) is 6.24. The second-order valence-corrected chi connectivity index (χ2v) is 2.84. The smallest absolute Gasteiger partial charge is 0.185 e. The van der Waals surface area contributed by atoms with E-state index in [1.54, 1.807) is 4.90 Å². The zero-order valence-electron chi connectivity index (χ0n) is 7.18. The molecule has 0 spiro atoms. The lowest BCUT2D eigenvalue weighted by atomic mass is 10.2. The van der Waals surface area contributed by atoms with Gasteiger partial charge in [0.25, 0.3) is 0 Å². The lowest BCUT2D eigenvalue weighted by Gasteiger charge is -2.13. The van der Waals surface area contributed by atoms with E-state index in [1.165, 1.54) is 6.07 Å². The molecular weight excluding hydrogens is 176 g/mol. The van der Waals surface area contributed by atoms with E-state index in [0.29, 0.717) is 19.0 Å². The Balaban J connectivity index is 2.54. The fourth-order valence-corrected chi connectivity index (χ4v) is 1.39. The fraction of sp³-hybridized carbons (Fsp3) is 0.333. The first-order valence-electron chi connectivity index (χ1n) is 4.09. The van der Waals surface area contributed by atoms with Gasteiger partial charge in [0, 0.05) is 6.54 Å². The number of fused-ring (bicyclic) bond motifs is 1. The zero-order valence-corrected chi connectivity index (χ0v) is 7.18. The summed E-state index contributed by atoms with van der Waals surface area (Å²) in [5.74, 6) is -1.24. The average molecular weight is 185 g/mol. The monoisotopic (exact) mass is 185 g/mol. The van der Waals surface area contributed by atoms with E-state index in [2.05, 4.69) is 0 Å². The van der Waals surface area contributed by atoms with Crippen molar-refractivity contribution in [1.29, 1.82) is 0 Å². The Morgan fingerprint density at radius 3 is 2.92 bits per heavy atom. The summed E-state index contributed by atoms with van der Waals surface area (Å²) in [5, 5.41) is 0. The molecule has 1 aromatic carbocycles. The van der Waals surface area contributed by atoms with E-state index >= 15 is 0 Å². The van der Waals surface area contributed by atoms with Crippen molar-refractivity contribution in [3.05, 3.63) is 23.8 Å². The molecule has 0 radical (unpaired) electrons. The Kier molecular flexibility index (Phi) is 1.83. The van der Waals surface area contributed by atoms with Crippen LogP contribution in [0.3, 0.4) is 0 Å². The van der Waals surface area contributed by atoms with Crippen LogP contribution in [0.5, 0.6) is 5.75 Å². The fourth-order valence-electron chi connectivity index (χ4n) is 1.39. The van der Waals surface area contributed by atoms with Gasteiger partial charge in [-0.2, -0.15) is 0 Å². The van der Waals surface area contributed by atoms with Crippen LogP contribution in [-0.4, -0.2) is 13.3 Å². The van der Waals surface area contributed by atoms with Crippen LogP contribution in [0.25, 0.3) is 0 Å². The molecule has 0 amide bonds. The van der Waals surface area contributed by atoms with Gasteiger partial charge in [-0.3, -0.25) is 0 Å². The molecule has 0 atom stereocenters. The number of benzene rings is 1. The Hall–Kier alpha value is -1.32. The molecule has 0 saturated heterocycles. The second kappa shape index (κ2) is 2.87. The van der Waals surface area contributed by atoms with Gasteiger partial charge in [0.15, 0.2) is 18.4 Å². The first kappa shape index (κ1) is 8.29. The van der Waals surface area contributed by atoms with Gasteiger partial charge in [-0.15, -0.1) is 0 Å². The average Bonchev–Trinajstić information content (AvgIpc) is 2.55. The summed E-state index contributed by atoms with van der Waals surface area (Å²) in [6, 6.07) is 2.52. The second-order valence-electron chi connectivity index (χ2n) is 2.84. The van der Waals surface area contributed by atoms with Gasteiger partial charge in [0.05, 0.1) is 0 Å². The van der Waals surface area contributed by atoms with Gasteiger partial charge in [0.1, 0.15) is 11.4 Å². The summed E-state index contributed by atoms with van der Waals surface area (Å²) < 4.78 is 31.2. The molecule has 1 heterocycles. The Bertz CT molecular complexity index is 341. The van der Waals surface area contributed by atoms with Gasteiger partial charge in [0.2, 0.25) is 0 Å². The molecule has 2 rings (SSSR count). The van der Waals surface area contributed by atoms with Gasteiger partial charge in [-0.1, -0.05) is 0 Å². The van der Waals surface area contributed by atoms with Crippen LogP contribution >= 0.6 is 0 Å². The maximum Gasteiger partial charge on any atom is 0.185 e. The standard InChI is InChI=1S/C9H9F2NO/c1-2-12-5-13-7-4-3-6(10)8(11)9(7)12/h3-4H,2,5H2,1H3. The number of halogens is 2. The van der Waals surface area contributed by atoms with Gasteiger partial charge < -0.3 is 9.64 Å². The van der Waals surface area contributed by atoms with Crippen LogP contribution < -0.4 is 9.64 Å². The minimum absolute atomic E-state index is 0.238. The van der Waals surface area contributed by atoms with Gasteiger partial charge in [-0.05, 0) is 19.1 Å². The van der Waals surface area contributed by atoms with Crippen LogP contribution in [-0.2, 0) is 0 Å². The highest BCUT2D eigenvalue weighted by atomic mass is 19.2. The highest BCUT2D eigenvalue weighted by Gasteiger charge is 2.25. The molecule has 0 bridgehead atoms. The van der Waals surface area contributed by atoms with E-state index in [0.717, 1.165) is 6.07 Å². The molecule has 0 aliphatic carbocycles. The number of hydrogen-bond donors (Lipinski definition) is 0. The van der Waals surface area contributed by atoms with Crippen molar-refractivity contribution in [3.63, 3.8) is 0 Å². The summed E-state index contributed by atoms with van der Waals surface area (Å²) in [5.41, 5.74) is 0.238. The third kappa shape index (κ3) is 1.13. The van der Waals surface area contributed by atoms with E-state index in [4.69, 9.17) is 4.74 Å². The maximum absolute atomic E-state index is 13.2. The molecule has 70 valence electrons. The largest absolute Gasteiger partial charge is 0.471 e. The van der Waals surface area contributed by atoms with Gasteiger partial charge in [-0.25, -0.2) is 8.78 Å². The molecule has 13 heavy (non-hydrogen) atoms. The molecule has 0 saturated carbocycles. The molecule has 1 aliphatic heterocycles. The number of rotatable bonds is 1. The third-order valence-corrected chi connectivity index (χ3v) is 2.11. The van der Waals surface area contributed by atoms with E-state index in [1.807, 2.05) is 6.92 Å². The lowest BCUT2D eigenvalue weighted by Crippen LogP contribution is -2.22. The summed E-state index contributed by atoms with van der Waals surface area (Å²) in [7, 11) is 0. The lowest BCUT2D eigenvalue weighted by molar-refractivity contribution is 0.348. The molecule has 1 aliphatic rings. The minimum atomic E-state index is -0.831. The topological polar surface area (TPSA) is 12.5 Å². The maximum atomic E-state index is 13.2. The van der Waals surface area contributed by atoms with E-state index < -0.39 is 11.6 Å². The molecular formula is C9H9F2NO. The highest BCUT2D eigenvalue weighted by molar-refractivity contribution is 5.62. The molecule has 1 aromatic rings. The SMILES string of the molecule is CCN1COc2ccc(F)c(F)c21. The molecule has 4 heteroatoms. The molecule has 0 fully saturated rings. The van der Waals surface area contributed by atoms with Gasteiger partial charge >= 0.3 is 0 Å². The molecule has 0 unspecified atom stereocenters. The number of anilines is 1. The van der Waals surface area contributed by atoms with Crippen molar-refractivity contribution in [2.45, 2.75) is 6.92 Å². The normalized spacial score (nSPS) is 14.2. The van der Waals surface area contributed by atoms with Crippen molar-refractivity contribution in [2.24, 2.45) is 0 Å². The molecule has 0 aromatic heterocycles. The van der Waals surface area contributed by atoms with E-state index in [-0.39, 0.29) is 5.69 Å². The minimum Gasteiger partial charge on any atom is -0.471 e. The third-order valence-electron chi connectivity index (χ3n) is 2.11. The van der Waals surface area contributed by atoms with Crippen LogP contribution in [0.15, 0.2) is 12.1 Å².